The summed E-state index contributed by atoms with van der Waals surface area (Å²) in [5.41, 5.74) is 4.52. The van der Waals surface area contributed by atoms with Crippen LogP contribution in [0.3, 0.4) is 0 Å². The molecule has 0 N–H and O–H groups in total. The summed E-state index contributed by atoms with van der Waals surface area (Å²) in [6.45, 7) is 0. The van der Waals surface area contributed by atoms with E-state index in [2.05, 4.69) is 41.4 Å². The highest BCUT2D eigenvalue weighted by Crippen LogP contribution is 2.46. The second kappa shape index (κ2) is 6.29. The van der Waals surface area contributed by atoms with Crippen LogP contribution in [-0.2, 0) is 0 Å². The molecule has 26 heavy (non-hydrogen) atoms. The van der Waals surface area contributed by atoms with Crippen LogP contribution in [0.2, 0.25) is 0 Å². The van der Waals surface area contributed by atoms with E-state index in [1.165, 1.54) is 10.5 Å². The van der Waals surface area contributed by atoms with E-state index in [9.17, 15) is 4.39 Å². The van der Waals surface area contributed by atoms with Gasteiger partial charge in [0.05, 0.1) is 17.4 Å². The minimum Gasteiger partial charge on any atom is -0.257 e. The van der Waals surface area contributed by atoms with Gasteiger partial charge in [0, 0.05) is 22.1 Å². The number of hydrazone groups is 1. The Bertz CT molecular complexity index is 969. The van der Waals surface area contributed by atoms with Crippen LogP contribution in [0.5, 0.6) is 0 Å². The van der Waals surface area contributed by atoms with Crippen LogP contribution in [0.25, 0.3) is 0 Å². The maximum absolute atomic E-state index is 13.5. The molecule has 2 heterocycles. The fraction of sp³-hybridized carbons (Fsp3) is 0.136. The monoisotopic (exact) mass is 360 g/mol. The standard InChI is InChI=1S/C22H17FN2S/c23-16-12-10-15(11-13-16)22-19-14-26-20-9-5-4-8-18(20)21(19)24-25(22)17-6-2-1-3-7-17/h1-13,19,22H,14H2/t19-,22+/m1/s1. The smallest absolute Gasteiger partial charge is 0.123 e. The second-order valence-corrected chi connectivity index (χ2v) is 7.64. The molecule has 0 aromatic heterocycles. The molecule has 3 aromatic rings. The molecule has 0 saturated heterocycles. The fourth-order valence-corrected chi connectivity index (χ4v) is 5.01. The van der Waals surface area contributed by atoms with Crippen molar-refractivity contribution in [1.82, 2.24) is 0 Å². The number of benzene rings is 3. The van der Waals surface area contributed by atoms with Crippen molar-refractivity contribution >= 4 is 23.2 Å². The first-order valence-corrected chi connectivity index (χ1v) is 9.70. The van der Waals surface area contributed by atoms with E-state index in [0.717, 1.165) is 22.7 Å². The van der Waals surface area contributed by atoms with Gasteiger partial charge in [-0.25, -0.2) is 4.39 Å². The van der Waals surface area contributed by atoms with Gasteiger partial charge in [-0.05, 0) is 35.9 Å². The van der Waals surface area contributed by atoms with Crippen LogP contribution in [-0.4, -0.2) is 11.5 Å². The van der Waals surface area contributed by atoms with Crippen molar-refractivity contribution in [2.75, 3.05) is 10.8 Å². The minimum absolute atomic E-state index is 0.0776. The third kappa shape index (κ3) is 2.53. The van der Waals surface area contributed by atoms with Gasteiger partial charge in [0.2, 0.25) is 0 Å². The molecule has 3 aromatic carbocycles. The second-order valence-electron chi connectivity index (χ2n) is 6.58. The number of para-hydroxylation sites is 1. The SMILES string of the molecule is Fc1ccc([C@H]2[C@@H]3CSc4ccccc4C3=NN2c2ccccc2)cc1. The van der Waals surface area contributed by atoms with Crippen LogP contribution >= 0.6 is 11.8 Å². The van der Waals surface area contributed by atoms with Crippen LogP contribution in [0.15, 0.2) is 88.9 Å². The number of thioether (sulfide) groups is 1. The quantitative estimate of drug-likeness (QED) is 0.598. The normalized spacial score (nSPS) is 21.1. The summed E-state index contributed by atoms with van der Waals surface area (Å²) in [6.07, 6.45) is 0. The zero-order chi connectivity index (χ0) is 17.5. The number of halogens is 1. The maximum Gasteiger partial charge on any atom is 0.123 e. The highest BCUT2D eigenvalue weighted by Gasteiger charge is 2.42. The van der Waals surface area contributed by atoms with E-state index < -0.39 is 0 Å². The van der Waals surface area contributed by atoms with Crippen molar-refractivity contribution < 1.29 is 4.39 Å². The molecule has 0 bridgehead atoms. The lowest BCUT2D eigenvalue weighted by Gasteiger charge is -2.30. The van der Waals surface area contributed by atoms with Gasteiger partial charge in [-0.1, -0.05) is 48.5 Å². The molecule has 0 spiro atoms. The Hall–Kier alpha value is -2.59. The Morgan fingerprint density at radius 2 is 1.62 bits per heavy atom. The Labute approximate surface area is 156 Å². The summed E-state index contributed by atoms with van der Waals surface area (Å²) in [5, 5.41) is 7.15. The topological polar surface area (TPSA) is 15.6 Å². The van der Waals surface area contributed by atoms with E-state index in [1.807, 2.05) is 42.1 Å². The predicted octanol–water partition coefficient (Wildman–Crippen LogP) is 5.51. The number of nitrogens with zero attached hydrogens (tertiary/aromatic N) is 2. The van der Waals surface area contributed by atoms with E-state index >= 15 is 0 Å². The molecule has 0 aliphatic carbocycles. The van der Waals surface area contributed by atoms with Gasteiger partial charge in [-0.2, -0.15) is 5.10 Å². The molecular weight excluding hydrogens is 343 g/mol. The van der Waals surface area contributed by atoms with Crippen LogP contribution < -0.4 is 5.01 Å². The van der Waals surface area contributed by atoms with Gasteiger partial charge in [-0.3, -0.25) is 5.01 Å². The summed E-state index contributed by atoms with van der Waals surface area (Å²) in [5.74, 6) is 1.05. The lowest BCUT2D eigenvalue weighted by molar-refractivity contribution is 0.587. The number of anilines is 1. The number of fused-ring (bicyclic) bond motifs is 3. The largest absolute Gasteiger partial charge is 0.257 e. The highest BCUT2D eigenvalue weighted by atomic mass is 32.2. The van der Waals surface area contributed by atoms with E-state index in [4.69, 9.17) is 5.10 Å². The average molecular weight is 360 g/mol. The molecule has 5 rings (SSSR count). The summed E-state index contributed by atoms with van der Waals surface area (Å²) in [6, 6.07) is 25.6. The number of hydrogen-bond donors (Lipinski definition) is 0. The zero-order valence-electron chi connectivity index (χ0n) is 14.0. The van der Waals surface area contributed by atoms with Crippen molar-refractivity contribution in [3.63, 3.8) is 0 Å². The summed E-state index contributed by atoms with van der Waals surface area (Å²) in [4.78, 5) is 1.29. The Morgan fingerprint density at radius 3 is 2.42 bits per heavy atom. The van der Waals surface area contributed by atoms with Crippen molar-refractivity contribution in [2.24, 2.45) is 11.0 Å². The molecule has 4 heteroatoms. The van der Waals surface area contributed by atoms with Crippen LogP contribution in [0, 0.1) is 11.7 Å². The molecule has 0 amide bonds. The Kier molecular flexibility index (Phi) is 3.79. The van der Waals surface area contributed by atoms with Gasteiger partial charge < -0.3 is 0 Å². The van der Waals surface area contributed by atoms with E-state index in [-0.39, 0.29) is 17.8 Å². The summed E-state index contributed by atoms with van der Waals surface area (Å²) in [7, 11) is 0. The van der Waals surface area contributed by atoms with Crippen molar-refractivity contribution in [3.05, 3.63) is 95.8 Å². The first-order valence-electron chi connectivity index (χ1n) is 8.72. The van der Waals surface area contributed by atoms with Gasteiger partial charge >= 0.3 is 0 Å². The molecule has 2 aliphatic heterocycles. The highest BCUT2D eigenvalue weighted by molar-refractivity contribution is 7.99. The van der Waals surface area contributed by atoms with Gasteiger partial charge in [0.15, 0.2) is 0 Å². The van der Waals surface area contributed by atoms with Gasteiger partial charge in [0.25, 0.3) is 0 Å². The van der Waals surface area contributed by atoms with Crippen LogP contribution in [0.1, 0.15) is 17.2 Å². The molecule has 2 atom stereocenters. The molecular formula is C22H17FN2S. The van der Waals surface area contributed by atoms with Gasteiger partial charge in [-0.15, -0.1) is 11.8 Å². The first-order chi connectivity index (χ1) is 12.8. The van der Waals surface area contributed by atoms with Crippen molar-refractivity contribution in [3.8, 4) is 0 Å². The summed E-state index contributed by atoms with van der Waals surface area (Å²) < 4.78 is 13.5. The Morgan fingerprint density at radius 1 is 0.885 bits per heavy atom. The van der Waals surface area contributed by atoms with E-state index in [1.54, 1.807) is 12.1 Å². The predicted molar refractivity (Wildman–Crippen MR) is 105 cm³/mol. The van der Waals surface area contributed by atoms with Gasteiger partial charge in [0.1, 0.15) is 5.82 Å². The molecule has 128 valence electrons. The maximum atomic E-state index is 13.5. The molecule has 2 aliphatic rings. The average Bonchev–Trinajstić information content (AvgIpc) is 3.09. The van der Waals surface area contributed by atoms with E-state index in [0.29, 0.717) is 0 Å². The Balaban J connectivity index is 1.65. The molecule has 2 nitrogen and oxygen atoms in total. The minimum atomic E-state index is -0.206. The van der Waals surface area contributed by atoms with Crippen molar-refractivity contribution in [2.45, 2.75) is 10.9 Å². The fourth-order valence-electron chi connectivity index (χ4n) is 3.81. The lowest BCUT2D eigenvalue weighted by Crippen LogP contribution is -2.29. The third-order valence-corrected chi connectivity index (χ3v) is 6.22. The molecule has 0 unspecified atom stereocenters. The lowest BCUT2D eigenvalue weighted by atomic mass is 9.88. The third-order valence-electron chi connectivity index (χ3n) is 5.02. The zero-order valence-corrected chi connectivity index (χ0v) is 14.9. The van der Waals surface area contributed by atoms with Crippen molar-refractivity contribution in [1.29, 1.82) is 0 Å². The first kappa shape index (κ1) is 15.6. The van der Waals surface area contributed by atoms with Crippen LogP contribution in [0.4, 0.5) is 10.1 Å². The molecule has 0 radical (unpaired) electrons. The number of hydrogen-bond acceptors (Lipinski definition) is 3. The summed E-state index contributed by atoms with van der Waals surface area (Å²) >= 11 is 1.88. The number of rotatable bonds is 2. The molecule has 0 fully saturated rings. The molecule has 0 saturated carbocycles.